The molecule has 110 valence electrons. The van der Waals surface area contributed by atoms with Crippen molar-refractivity contribution in [2.24, 2.45) is 16.7 Å². The van der Waals surface area contributed by atoms with Gasteiger partial charge in [-0.05, 0) is 6.42 Å². The van der Waals surface area contributed by atoms with Crippen molar-refractivity contribution in [3.8, 4) is 0 Å². The van der Waals surface area contributed by atoms with Crippen molar-refractivity contribution < 1.29 is 19.1 Å². The average Bonchev–Trinajstić information content (AvgIpc) is 2.32. The van der Waals surface area contributed by atoms with E-state index in [1.54, 1.807) is 20.8 Å². The highest BCUT2D eigenvalue weighted by molar-refractivity contribution is 6.05. The molecule has 4 nitrogen and oxygen atoms in total. The van der Waals surface area contributed by atoms with Crippen molar-refractivity contribution in [2.75, 3.05) is 7.11 Å². The van der Waals surface area contributed by atoms with Gasteiger partial charge in [0.2, 0.25) is 0 Å². The Labute approximate surface area is 115 Å². The van der Waals surface area contributed by atoms with E-state index in [0.29, 0.717) is 6.42 Å². The second kappa shape index (κ2) is 6.31. The number of hydrogen-bond donors (Lipinski definition) is 0. The summed E-state index contributed by atoms with van der Waals surface area (Å²) in [5.74, 6) is -1.95. The third-order valence-corrected chi connectivity index (χ3v) is 3.57. The highest BCUT2D eigenvalue weighted by Gasteiger charge is 2.39. The fraction of sp³-hybridized carbons (Fsp3) is 0.800. The van der Waals surface area contributed by atoms with Gasteiger partial charge in [-0.25, -0.2) is 0 Å². The van der Waals surface area contributed by atoms with Crippen LogP contribution in [0.1, 0.15) is 54.4 Å². The molecule has 1 atom stereocenters. The fourth-order valence-electron chi connectivity index (χ4n) is 1.61. The average molecular weight is 270 g/mol. The molecule has 1 unspecified atom stereocenters. The lowest BCUT2D eigenvalue weighted by Crippen LogP contribution is -2.38. The van der Waals surface area contributed by atoms with Gasteiger partial charge in [-0.15, -0.1) is 0 Å². The molecule has 0 radical (unpaired) electrons. The van der Waals surface area contributed by atoms with Crippen LogP contribution in [-0.2, 0) is 19.1 Å². The van der Waals surface area contributed by atoms with Crippen LogP contribution in [0.15, 0.2) is 0 Å². The number of carbonyl (C=O) groups excluding carboxylic acids is 3. The molecule has 0 aliphatic heterocycles. The number of methoxy groups -OCH3 is 1. The molecule has 0 fully saturated rings. The fourth-order valence-corrected chi connectivity index (χ4v) is 1.61. The molecule has 0 N–H and O–H groups in total. The van der Waals surface area contributed by atoms with Gasteiger partial charge in [0, 0.05) is 17.3 Å². The Morgan fingerprint density at radius 2 is 1.53 bits per heavy atom. The largest absolute Gasteiger partial charge is 0.468 e. The van der Waals surface area contributed by atoms with Gasteiger partial charge in [0.05, 0.1) is 7.11 Å². The van der Waals surface area contributed by atoms with Crippen LogP contribution in [0, 0.1) is 16.7 Å². The highest BCUT2D eigenvalue weighted by Crippen LogP contribution is 2.29. The molecule has 0 spiro atoms. The van der Waals surface area contributed by atoms with Crippen molar-refractivity contribution in [1.82, 2.24) is 0 Å². The zero-order chi connectivity index (χ0) is 15.4. The van der Waals surface area contributed by atoms with Crippen molar-refractivity contribution in [3.63, 3.8) is 0 Å². The molecule has 0 saturated heterocycles. The molecule has 0 bridgehead atoms. The Hall–Kier alpha value is -1.19. The molecule has 0 saturated carbocycles. The zero-order valence-corrected chi connectivity index (χ0v) is 13.1. The van der Waals surface area contributed by atoms with E-state index in [2.05, 4.69) is 4.74 Å². The van der Waals surface area contributed by atoms with Crippen molar-refractivity contribution in [2.45, 2.75) is 54.4 Å². The minimum Gasteiger partial charge on any atom is -0.468 e. The Kier molecular flexibility index (Phi) is 5.91. The van der Waals surface area contributed by atoms with E-state index < -0.39 is 22.7 Å². The number of esters is 1. The summed E-state index contributed by atoms with van der Waals surface area (Å²) in [7, 11) is 1.24. The first kappa shape index (κ1) is 17.8. The number of hydrogen-bond acceptors (Lipinski definition) is 4. The quantitative estimate of drug-likeness (QED) is 0.550. The lowest BCUT2D eigenvalue weighted by molar-refractivity contribution is -0.154. The summed E-state index contributed by atoms with van der Waals surface area (Å²) in [6.45, 7) is 10.8. The molecule has 0 aromatic carbocycles. The molecule has 0 rings (SSSR count). The van der Waals surface area contributed by atoms with Gasteiger partial charge in [-0.2, -0.15) is 0 Å². The van der Waals surface area contributed by atoms with E-state index >= 15 is 0 Å². The lowest BCUT2D eigenvalue weighted by Gasteiger charge is -2.26. The molecule has 0 aromatic rings. The number of Topliss-reactive ketones (excluding diaryl/α,β-unsaturated/α-hetero) is 2. The van der Waals surface area contributed by atoms with E-state index in [1.165, 1.54) is 7.11 Å². The van der Waals surface area contributed by atoms with E-state index in [0.717, 1.165) is 0 Å². The Morgan fingerprint density at radius 3 is 1.84 bits per heavy atom. The van der Waals surface area contributed by atoms with Crippen molar-refractivity contribution in [1.29, 1.82) is 0 Å². The number of ether oxygens (including phenoxy) is 1. The maximum atomic E-state index is 12.3. The first-order valence-corrected chi connectivity index (χ1v) is 6.62. The molecule has 19 heavy (non-hydrogen) atoms. The second-order valence-corrected chi connectivity index (χ2v) is 6.55. The van der Waals surface area contributed by atoms with E-state index in [4.69, 9.17) is 0 Å². The van der Waals surface area contributed by atoms with Crippen molar-refractivity contribution >= 4 is 17.5 Å². The molecule has 0 aromatic heterocycles. The zero-order valence-electron chi connectivity index (χ0n) is 13.1. The maximum absolute atomic E-state index is 12.3. The normalized spacial score (nSPS) is 13.8. The van der Waals surface area contributed by atoms with Crippen LogP contribution in [0.5, 0.6) is 0 Å². The third kappa shape index (κ3) is 4.77. The first-order valence-electron chi connectivity index (χ1n) is 6.62. The maximum Gasteiger partial charge on any atom is 0.316 e. The van der Waals surface area contributed by atoms with Gasteiger partial charge in [-0.1, -0.05) is 41.5 Å². The molecule has 4 heteroatoms. The summed E-state index contributed by atoms with van der Waals surface area (Å²) < 4.78 is 4.66. The van der Waals surface area contributed by atoms with Gasteiger partial charge in [-0.3, -0.25) is 14.4 Å². The van der Waals surface area contributed by atoms with Crippen LogP contribution in [0.4, 0.5) is 0 Å². The second-order valence-electron chi connectivity index (χ2n) is 6.55. The Balaban J connectivity index is 5.17. The summed E-state index contributed by atoms with van der Waals surface area (Å²) in [6.07, 6.45) is 0.590. The highest BCUT2D eigenvalue weighted by atomic mass is 16.5. The number of rotatable bonds is 6. The van der Waals surface area contributed by atoms with E-state index in [1.807, 2.05) is 20.8 Å². The van der Waals surface area contributed by atoms with Gasteiger partial charge < -0.3 is 4.74 Å². The standard InChI is InChI=1S/C15H26O4/c1-8-15(5,6)11(16)9-10(13(18)19-7)12(17)14(2,3)4/h10H,8-9H2,1-7H3. The summed E-state index contributed by atoms with van der Waals surface area (Å²) in [5.41, 5.74) is -1.19. The summed E-state index contributed by atoms with van der Waals surface area (Å²) in [6, 6.07) is 0. The summed E-state index contributed by atoms with van der Waals surface area (Å²) in [4.78, 5) is 36.2. The SMILES string of the molecule is CCC(C)(C)C(=O)CC(C(=O)OC)C(=O)C(C)(C)C. The van der Waals surface area contributed by atoms with Crippen LogP contribution in [-0.4, -0.2) is 24.6 Å². The number of carbonyl (C=O) groups is 3. The third-order valence-electron chi connectivity index (χ3n) is 3.57. The molecular formula is C15H26O4. The van der Waals surface area contributed by atoms with Crippen LogP contribution in [0.3, 0.4) is 0 Å². The molecule has 0 aliphatic carbocycles. The lowest BCUT2D eigenvalue weighted by atomic mass is 9.76. The van der Waals surface area contributed by atoms with Crippen LogP contribution < -0.4 is 0 Å². The van der Waals surface area contributed by atoms with Crippen molar-refractivity contribution in [3.05, 3.63) is 0 Å². The molecule has 0 heterocycles. The predicted octanol–water partition coefficient (Wildman–Crippen LogP) is 2.79. The molecular weight excluding hydrogens is 244 g/mol. The minimum atomic E-state index is -0.997. The molecule has 0 amide bonds. The van der Waals surface area contributed by atoms with E-state index in [9.17, 15) is 14.4 Å². The topological polar surface area (TPSA) is 60.4 Å². The summed E-state index contributed by atoms with van der Waals surface area (Å²) in [5, 5.41) is 0. The Morgan fingerprint density at radius 1 is 1.05 bits per heavy atom. The van der Waals surface area contributed by atoms with Crippen LogP contribution in [0.25, 0.3) is 0 Å². The van der Waals surface area contributed by atoms with Crippen LogP contribution in [0.2, 0.25) is 0 Å². The minimum absolute atomic E-state index is 0.0797. The number of ketones is 2. The van der Waals surface area contributed by atoms with Gasteiger partial charge in [0.15, 0.2) is 5.78 Å². The monoisotopic (exact) mass is 270 g/mol. The van der Waals surface area contributed by atoms with Gasteiger partial charge in [0.25, 0.3) is 0 Å². The van der Waals surface area contributed by atoms with E-state index in [-0.39, 0.29) is 18.0 Å². The predicted molar refractivity (Wildman–Crippen MR) is 73.7 cm³/mol. The molecule has 0 aliphatic rings. The van der Waals surface area contributed by atoms with Gasteiger partial charge >= 0.3 is 5.97 Å². The first-order chi connectivity index (χ1) is 8.47. The Bertz CT molecular complexity index is 361. The van der Waals surface area contributed by atoms with Gasteiger partial charge in [0.1, 0.15) is 11.7 Å². The smallest absolute Gasteiger partial charge is 0.316 e. The summed E-state index contributed by atoms with van der Waals surface area (Å²) >= 11 is 0. The van der Waals surface area contributed by atoms with Crippen LogP contribution >= 0.6 is 0 Å².